The van der Waals surface area contributed by atoms with E-state index in [1.54, 1.807) is 0 Å². The highest BCUT2D eigenvalue weighted by atomic mass is 79.9. The Bertz CT molecular complexity index is 487. The van der Waals surface area contributed by atoms with Crippen LogP contribution in [0.4, 0.5) is 0 Å². The van der Waals surface area contributed by atoms with Crippen molar-refractivity contribution in [1.29, 1.82) is 0 Å². The van der Waals surface area contributed by atoms with Gasteiger partial charge in [0.05, 0.1) is 0 Å². The maximum absolute atomic E-state index is 5.97. The van der Waals surface area contributed by atoms with E-state index in [0.717, 1.165) is 15.9 Å². The lowest BCUT2D eigenvalue weighted by molar-refractivity contribution is 0.781. The molecule has 1 heterocycles. The van der Waals surface area contributed by atoms with Gasteiger partial charge in [0.25, 0.3) is 0 Å². The van der Waals surface area contributed by atoms with Gasteiger partial charge in [-0.25, -0.2) is 4.98 Å². The molecule has 0 amide bonds. The van der Waals surface area contributed by atoms with Crippen LogP contribution in [0.1, 0.15) is 25.6 Å². The third-order valence-electron chi connectivity index (χ3n) is 2.17. The molecular formula is C11H11BrClN3. The van der Waals surface area contributed by atoms with Crippen LogP contribution in [-0.2, 0) is 0 Å². The van der Waals surface area contributed by atoms with E-state index < -0.39 is 0 Å². The molecule has 2 rings (SSSR count). The number of hydrogen-bond donors (Lipinski definition) is 1. The summed E-state index contributed by atoms with van der Waals surface area (Å²) in [6.45, 7) is 4.14. The van der Waals surface area contributed by atoms with E-state index in [2.05, 4.69) is 45.0 Å². The van der Waals surface area contributed by atoms with Crippen LogP contribution in [0.3, 0.4) is 0 Å². The van der Waals surface area contributed by atoms with Gasteiger partial charge in [0.1, 0.15) is 5.82 Å². The number of nitrogens with one attached hydrogen (secondary N) is 1. The predicted molar refractivity (Wildman–Crippen MR) is 68.6 cm³/mol. The van der Waals surface area contributed by atoms with E-state index in [4.69, 9.17) is 11.6 Å². The van der Waals surface area contributed by atoms with Crippen LogP contribution >= 0.6 is 27.5 Å². The summed E-state index contributed by atoms with van der Waals surface area (Å²) in [5.74, 6) is 1.89. The highest BCUT2D eigenvalue weighted by Crippen LogP contribution is 2.25. The van der Waals surface area contributed by atoms with Crippen molar-refractivity contribution < 1.29 is 0 Å². The Labute approximate surface area is 107 Å². The van der Waals surface area contributed by atoms with Gasteiger partial charge in [-0.15, -0.1) is 0 Å². The molecule has 0 radical (unpaired) electrons. The average molecular weight is 301 g/mol. The van der Waals surface area contributed by atoms with Crippen molar-refractivity contribution in [2.45, 2.75) is 19.8 Å². The maximum atomic E-state index is 5.97. The van der Waals surface area contributed by atoms with Gasteiger partial charge in [0.15, 0.2) is 5.82 Å². The first-order valence-corrected chi connectivity index (χ1v) is 6.12. The fourth-order valence-electron chi connectivity index (χ4n) is 1.34. The third-order valence-corrected chi connectivity index (χ3v) is 2.85. The van der Waals surface area contributed by atoms with E-state index in [-0.39, 0.29) is 0 Å². The minimum absolute atomic E-state index is 0.337. The lowest BCUT2D eigenvalue weighted by Crippen LogP contribution is -1.89. The predicted octanol–water partition coefficient (Wildman–Crippen LogP) is 4.01. The van der Waals surface area contributed by atoms with E-state index in [1.165, 1.54) is 0 Å². The lowest BCUT2D eigenvalue weighted by atomic mass is 10.2. The maximum Gasteiger partial charge on any atom is 0.181 e. The molecule has 3 nitrogen and oxygen atoms in total. The molecule has 1 aromatic heterocycles. The second-order valence-electron chi connectivity index (χ2n) is 3.86. The zero-order valence-corrected chi connectivity index (χ0v) is 11.3. The van der Waals surface area contributed by atoms with Gasteiger partial charge in [-0.2, -0.15) is 5.10 Å². The molecule has 0 saturated heterocycles. The zero-order chi connectivity index (χ0) is 11.7. The average Bonchev–Trinajstić information content (AvgIpc) is 2.64. The Morgan fingerprint density at radius 2 is 2.06 bits per heavy atom. The molecule has 0 saturated carbocycles. The first-order chi connectivity index (χ1) is 7.56. The minimum Gasteiger partial charge on any atom is -0.262 e. The highest BCUT2D eigenvalue weighted by molar-refractivity contribution is 9.10. The second kappa shape index (κ2) is 4.55. The number of aromatic nitrogens is 3. The van der Waals surface area contributed by atoms with E-state index in [0.29, 0.717) is 16.8 Å². The molecule has 0 spiro atoms. The number of halogens is 2. The Balaban J connectivity index is 2.42. The molecule has 0 fully saturated rings. The molecule has 5 heteroatoms. The molecule has 0 bridgehead atoms. The van der Waals surface area contributed by atoms with Crippen LogP contribution < -0.4 is 0 Å². The summed E-state index contributed by atoms with van der Waals surface area (Å²) in [7, 11) is 0. The molecular weight excluding hydrogens is 289 g/mol. The molecule has 16 heavy (non-hydrogen) atoms. The molecule has 1 N–H and O–H groups in total. The Hall–Kier alpha value is -0.870. The first kappa shape index (κ1) is 11.6. The first-order valence-electron chi connectivity index (χ1n) is 4.95. The van der Waals surface area contributed by atoms with Crippen molar-refractivity contribution in [1.82, 2.24) is 15.2 Å². The molecule has 1 aromatic carbocycles. The summed E-state index contributed by atoms with van der Waals surface area (Å²) in [5, 5.41) is 7.76. The molecule has 0 unspecified atom stereocenters. The van der Waals surface area contributed by atoms with Gasteiger partial charge in [0.2, 0.25) is 0 Å². The Morgan fingerprint density at radius 3 is 2.62 bits per heavy atom. The summed E-state index contributed by atoms with van der Waals surface area (Å²) in [6, 6.07) is 5.62. The van der Waals surface area contributed by atoms with Crippen molar-refractivity contribution in [3.63, 3.8) is 0 Å². The van der Waals surface area contributed by atoms with Gasteiger partial charge in [-0.05, 0) is 18.2 Å². The smallest absolute Gasteiger partial charge is 0.181 e. The Morgan fingerprint density at radius 1 is 1.31 bits per heavy atom. The summed E-state index contributed by atoms with van der Waals surface area (Å²) < 4.78 is 0.922. The van der Waals surface area contributed by atoms with Gasteiger partial charge in [-0.1, -0.05) is 41.4 Å². The fraction of sp³-hybridized carbons (Fsp3) is 0.273. The number of hydrogen-bond acceptors (Lipinski definition) is 2. The van der Waals surface area contributed by atoms with Gasteiger partial charge in [0, 0.05) is 21.0 Å². The number of aromatic amines is 1. The fourth-order valence-corrected chi connectivity index (χ4v) is 2.20. The highest BCUT2D eigenvalue weighted by Gasteiger charge is 2.09. The molecule has 2 aromatic rings. The van der Waals surface area contributed by atoms with Crippen LogP contribution in [-0.4, -0.2) is 15.2 Å². The minimum atomic E-state index is 0.337. The van der Waals surface area contributed by atoms with Crippen LogP contribution in [0.5, 0.6) is 0 Å². The molecule has 0 atom stereocenters. The number of rotatable bonds is 2. The van der Waals surface area contributed by atoms with Crippen molar-refractivity contribution in [2.75, 3.05) is 0 Å². The SMILES string of the molecule is CC(C)c1nc(-c2cc(Cl)cc(Br)c2)n[nH]1. The van der Waals surface area contributed by atoms with Gasteiger partial charge in [-0.3, -0.25) is 5.10 Å². The van der Waals surface area contributed by atoms with Crippen molar-refractivity contribution >= 4 is 27.5 Å². The summed E-state index contributed by atoms with van der Waals surface area (Å²) in [5.41, 5.74) is 0.905. The molecule has 0 aliphatic heterocycles. The molecule has 0 aliphatic carbocycles. The van der Waals surface area contributed by atoms with Crippen molar-refractivity contribution in [2.24, 2.45) is 0 Å². The quantitative estimate of drug-likeness (QED) is 0.910. The standard InChI is InChI=1S/C11H11BrClN3/c1-6(2)10-14-11(16-15-10)7-3-8(12)5-9(13)4-7/h3-6H,1-2H3,(H,14,15,16). The monoisotopic (exact) mass is 299 g/mol. The molecule has 0 aliphatic rings. The largest absolute Gasteiger partial charge is 0.262 e. The number of benzene rings is 1. The van der Waals surface area contributed by atoms with E-state index in [9.17, 15) is 0 Å². The molecule has 84 valence electrons. The second-order valence-corrected chi connectivity index (χ2v) is 5.21. The van der Waals surface area contributed by atoms with E-state index in [1.807, 2.05) is 18.2 Å². The van der Waals surface area contributed by atoms with Crippen LogP contribution in [0.25, 0.3) is 11.4 Å². The zero-order valence-electron chi connectivity index (χ0n) is 8.96. The topological polar surface area (TPSA) is 41.6 Å². The van der Waals surface area contributed by atoms with Crippen LogP contribution in [0, 0.1) is 0 Å². The normalized spacial score (nSPS) is 11.1. The lowest BCUT2D eigenvalue weighted by Gasteiger charge is -1.98. The summed E-state index contributed by atoms with van der Waals surface area (Å²) in [4.78, 5) is 4.42. The Kier molecular flexibility index (Phi) is 3.30. The number of nitrogens with zero attached hydrogens (tertiary/aromatic N) is 2. The van der Waals surface area contributed by atoms with Gasteiger partial charge < -0.3 is 0 Å². The third kappa shape index (κ3) is 2.44. The van der Waals surface area contributed by atoms with Crippen molar-refractivity contribution in [3.05, 3.63) is 33.5 Å². The van der Waals surface area contributed by atoms with Gasteiger partial charge >= 0.3 is 0 Å². The van der Waals surface area contributed by atoms with E-state index >= 15 is 0 Å². The number of H-pyrrole nitrogens is 1. The summed E-state index contributed by atoms with van der Waals surface area (Å²) in [6.07, 6.45) is 0. The van der Waals surface area contributed by atoms with Crippen molar-refractivity contribution in [3.8, 4) is 11.4 Å². The van der Waals surface area contributed by atoms with Crippen LogP contribution in [0.15, 0.2) is 22.7 Å². The van der Waals surface area contributed by atoms with Crippen LogP contribution in [0.2, 0.25) is 5.02 Å². The summed E-state index contributed by atoms with van der Waals surface area (Å²) >= 11 is 9.37.